The highest BCUT2D eigenvalue weighted by molar-refractivity contribution is 6.77. The highest BCUT2D eigenvalue weighted by Gasteiger charge is 2.23. The summed E-state index contributed by atoms with van der Waals surface area (Å²) in [5.41, 5.74) is 0. The van der Waals surface area contributed by atoms with E-state index in [2.05, 4.69) is 26.2 Å². The van der Waals surface area contributed by atoms with Crippen molar-refractivity contribution < 1.29 is 13.6 Å². The molecule has 0 spiro atoms. The number of rotatable bonds is 7. The van der Waals surface area contributed by atoms with E-state index in [1.54, 1.807) is 0 Å². The Labute approximate surface area is 89.6 Å². The minimum absolute atomic E-state index is 0.393. The highest BCUT2D eigenvalue weighted by Crippen LogP contribution is 2.10. The predicted octanol–water partition coefficient (Wildman–Crippen LogP) is 1.61. The molecule has 14 heavy (non-hydrogen) atoms. The van der Waals surface area contributed by atoms with Gasteiger partial charge in [0.2, 0.25) is 0 Å². The Balaban J connectivity index is 1.93. The molecule has 2 atom stereocenters. The first kappa shape index (κ1) is 12.4. The molecule has 1 heterocycles. The Hall–Kier alpha value is 0.314. The van der Waals surface area contributed by atoms with Gasteiger partial charge < -0.3 is 13.6 Å². The lowest BCUT2D eigenvalue weighted by molar-refractivity contribution is 0.126. The van der Waals surface area contributed by atoms with E-state index in [1.165, 1.54) is 0 Å². The van der Waals surface area contributed by atoms with Crippen LogP contribution in [0, 0.1) is 0 Å². The molecule has 0 aliphatic carbocycles. The van der Waals surface area contributed by atoms with Gasteiger partial charge >= 0.3 is 0 Å². The molecule has 3 nitrogen and oxygen atoms in total. The van der Waals surface area contributed by atoms with Crippen molar-refractivity contribution in [2.24, 2.45) is 0 Å². The van der Waals surface area contributed by atoms with Gasteiger partial charge in [0, 0.05) is 6.61 Å². The Bertz CT molecular complexity index is 166. The van der Waals surface area contributed by atoms with Crippen LogP contribution in [0.3, 0.4) is 0 Å². The van der Waals surface area contributed by atoms with E-state index in [4.69, 9.17) is 13.6 Å². The predicted molar refractivity (Wildman–Crippen MR) is 62.8 cm³/mol. The molecule has 0 radical (unpaired) electrons. The maximum absolute atomic E-state index is 6.03. The van der Waals surface area contributed by atoms with Gasteiger partial charge in [-0.3, -0.25) is 0 Å². The summed E-state index contributed by atoms with van der Waals surface area (Å²) in [4.78, 5) is 0. The van der Waals surface area contributed by atoms with Gasteiger partial charge in [0.15, 0.2) is 17.4 Å². The fourth-order valence-electron chi connectivity index (χ4n) is 1.29. The molecule has 0 bridgehead atoms. The van der Waals surface area contributed by atoms with Crippen LogP contribution in [0.15, 0.2) is 0 Å². The first-order valence-electron chi connectivity index (χ1n) is 5.34. The van der Waals surface area contributed by atoms with Crippen LogP contribution in [0.5, 0.6) is 0 Å². The maximum atomic E-state index is 6.03. The zero-order valence-electron chi connectivity index (χ0n) is 9.71. The Morgan fingerprint density at radius 2 is 2.07 bits per heavy atom. The molecule has 0 amide bonds. The van der Waals surface area contributed by atoms with Crippen LogP contribution in [0.1, 0.15) is 0 Å². The van der Waals surface area contributed by atoms with E-state index in [0.717, 1.165) is 25.9 Å². The van der Waals surface area contributed by atoms with E-state index >= 15 is 0 Å². The molecule has 2 unspecified atom stereocenters. The molecule has 1 rings (SSSR count). The lowest BCUT2D eigenvalue weighted by Gasteiger charge is -2.22. The minimum Gasteiger partial charge on any atom is -0.458 e. The molecule has 1 fully saturated rings. The molecule has 0 saturated carbocycles. The summed E-state index contributed by atoms with van der Waals surface area (Å²) in [7, 11) is -2.28. The maximum Gasteiger partial charge on any atom is 0.170 e. The monoisotopic (exact) mass is 234 g/mol. The van der Waals surface area contributed by atoms with Crippen molar-refractivity contribution in [3.05, 3.63) is 0 Å². The third-order valence-electron chi connectivity index (χ3n) is 1.93. The third kappa shape index (κ3) is 6.72. The summed E-state index contributed by atoms with van der Waals surface area (Å²) in [5, 5.41) is 0. The molecule has 1 aliphatic heterocycles. The van der Waals surface area contributed by atoms with Crippen LogP contribution in [-0.4, -0.2) is 43.3 Å². The van der Waals surface area contributed by atoms with Crippen molar-refractivity contribution in [2.45, 2.75) is 38.3 Å². The lowest BCUT2D eigenvalue weighted by atomic mass is 10.5. The second kappa shape index (κ2) is 5.41. The molecule has 0 aromatic rings. The summed E-state index contributed by atoms with van der Waals surface area (Å²) >= 11 is 0. The van der Waals surface area contributed by atoms with Gasteiger partial charge in [0.05, 0.1) is 13.2 Å². The van der Waals surface area contributed by atoms with Crippen molar-refractivity contribution in [2.75, 3.05) is 19.8 Å². The molecular formula is C9H22O3Si2. The van der Waals surface area contributed by atoms with E-state index in [-0.39, 0.29) is 0 Å². The van der Waals surface area contributed by atoms with E-state index in [0.29, 0.717) is 6.10 Å². The number of ether oxygens (including phenoxy) is 2. The first-order valence-corrected chi connectivity index (χ1v) is 11.2. The quantitative estimate of drug-likeness (QED) is 0.381. The average molecular weight is 234 g/mol. The second-order valence-electron chi connectivity index (χ2n) is 4.86. The van der Waals surface area contributed by atoms with E-state index in [1.807, 2.05) is 0 Å². The standard InChI is InChI=1S/C9H22O3Si2/c1-13(12-14(2,3)4)6-5-10-7-9-8-11-9/h9,13H,5-8H2,1-4H3. The third-order valence-corrected chi connectivity index (χ3v) is 7.42. The number of hydrogen-bond acceptors (Lipinski definition) is 3. The van der Waals surface area contributed by atoms with Gasteiger partial charge in [-0.1, -0.05) is 0 Å². The molecule has 1 saturated heterocycles. The van der Waals surface area contributed by atoms with Gasteiger partial charge in [-0.15, -0.1) is 0 Å². The van der Waals surface area contributed by atoms with Crippen molar-refractivity contribution in [3.8, 4) is 0 Å². The van der Waals surface area contributed by atoms with Crippen LogP contribution >= 0.6 is 0 Å². The molecule has 0 N–H and O–H groups in total. The highest BCUT2D eigenvalue weighted by atomic mass is 28.4. The van der Waals surface area contributed by atoms with Crippen LogP contribution in [-0.2, 0) is 13.6 Å². The first-order chi connectivity index (χ1) is 6.47. The second-order valence-corrected chi connectivity index (χ2v) is 12.2. The average Bonchev–Trinajstić information content (AvgIpc) is 2.77. The number of epoxide rings is 1. The Kier molecular flexibility index (Phi) is 4.79. The van der Waals surface area contributed by atoms with Crippen LogP contribution in [0.25, 0.3) is 0 Å². The van der Waals surface area contributed by atoms with Gasteiger partial charge in [-0.2, -0.15) is 0 Å². The fourth-order valence-corrected chi connectivity index (χ4v) is 7.09. The smallest absolute Gasteiger partial charge is 0.170 e. The molecule has 84 valence electrons. The van der Waals surface area contributed by atoms with Crippen LogP contribution in [0.2, 0.25) is 32.2 Å². The summed E-state index contributed by atoms with van der Waals surface area (Å²) in [5.74, 6) is 0. The largest absolute Gasteiger partial charge is 0.458 e. The summed E-state index contributed by atoms with van der Waals surface area (Å²) in [6, 6.07) is 1.12. The van der Waals surface area contributed by atoms with Gasteiger partial charge in [0.1, 0.15) is 6.10 Å². The number of hydrogen-bond donors (Lipinski definition) is 0. The normalized spacial score (nSPS) is 23.6. The Morgan fingerprint density at radius 3 is 2.57 bits per heavy atom. The van der Waals surface area contributed by atoms with E-state index in [9.17, 15) is 0 Å². The van der Waals surface area contributed by atoms with Crippen molar-refractivity contribution >= 4 is 17.4 Å². The van der Waals surface area contributed by atoms with Crippen molar-refractivity contribution in [1.29, 1.82) is 0 Å². The van der Waals surface area contributed by atoms with Gasteiger partial charge in [-0.05, 0) is 32.2 Å². The molecule has 5 heteroatoms. The van der Waals surface area contributed by atoms with Gasteiger partial charge in [-0.25, -0.2) is 0 Å². The fraction of sp³-hybridized carbons (Fsp3) is 1.00. The van der Waals surface area contributed by atoms with Crippen molar-refractivity contribution in [1.82, 2.24) is 0 Å². The van der Waals surface area contributed by atoms with Crippen molar-refractivity contribution in [3.63, 3.8) is 0 Å². The zero-order valence-corrected chi connectivity index (χ0v) is 11.9. The SMILES string of the molecule is C[SiH](CCOCC1CO1)O[Si](C)(C)C. The lowest BCUT2D eigenvalue weighted by Crippen LogP contribution is -2.33. The molecular weight excluding hydrogens is 212 g/mol. The zero-order chi connectivity index (χ0) is 10.6. The summed E-state index contributed by atoms with van der Waals surface area (Å²) < 4.78 is 16.6. The topological polar surface area (TPSA) is 31.0 Å². The molecule has 0 aromatic heterocycles. The van der Waals surface area contributed by atoms with Crippen LogP contribution in [0.4, 0.5) is 0 Å². The molecule has 0 aromatic carbocycles. The summed E-state index contributed by atoms with van der Waals surface area (Å²) in [6.45, 7) is 11.5. The van der Waals surface area contributed by atoms with Crippen LogP contribution < -0.4 is 0 Å². The molecule has 1 aliphatic rings. The summed E-state index contributed by atoms with van der Waals surface area (Å²) in [6.07, 6.45) is 0.393. The minimum atomic E-state index is -1.31. The van der Waals surface area contributed by atoms with E-state index < -0.39 is 17.4 Å². The van der Waals surface area contributed by atoms with Gasteiger partial charge in [0.25, 0.3) is 0 Å². The Morgan fingerprint density at radius 1 is 1.43 bits per heavy atom.